The highest BCUT2D eigenvalue weighted by Crippen LogP contribution is 2.32. The molecule has 0 aliphatic carbocycles. The molecule has 1 rings (SSSR count). The van der Waals surface area contributed by atoms with Crippen LogP contribution in [0.3, 0.4) is 0 Å². The molecule has 0 radical (unpaired) electrons. The molecule has 6 heteroatoms. The number of aliphatic hydroxyl groups is 2. The monoisotopic (exact) mass is 276 g/mol. The maximum Gasteiger partial charge on any atom is 0.335 e. The lowest BCUT2D eigenvalue weighted by Crippen LogP contribution is -2.27. The SMILES string of the molecule is O=C(O)C(O)C(O)c1cccc(Br)c1O. The number of hydrogen-bond donors (Lipinski definition) is 4. The minimum absolute atomic E-state index is 0.0423. The van der Waals surface area contributed by atoms with Crippen LogP contribution in [0, 0.1) is 0 Å². The first-order valence-electron chi connectivity index (χ1n) is 4.01. The van der Waals surface area contributed by atoms with Gasteiger partial charge in [0.05, 0.1) is 4.47 Å². The van der Waals surface area contributed by atoms with Crippen LogP contribution in [0.4, 0.5) is 0 Å². The molecule has 0 amide bonds. The number of phenols is 1. The molecular formula is C9H9BrO5. The first-order valence-corrected chi connectivity index (χ1v) is 4.80. The van der Waals surface area contributed by atoms with Crippen LogP contribution in [0.15, 0.2) is 22.7 Å². The number of carboxylic acid groups (broad SMARTS) is 1. The molecule has 15 heavy (non-hydrogen) atoms. The fourth-order valence-corrected chi connectivity index (χ4v) is 1.46. The number of aliphatic carboxylic acids is 1. The van der Waals surface area contributed by atoms with Gasteiger partial charge >= 0.3 is 5.97 Å². The zero-order valence-electron chi connectivity index (χ0n) is 7.46. The molecule has 0 bridgehead atoms. The van der Waals surface area contributed by atoms with Gasteiger partial charge in [0.2, 0.25) is 0 Å². The highest BCUT2D eigenvalue weighted by atomic mass is 79.9. The van der Waals surface area contributed by atoms with Gasteiger partial charge in [-0.2, -0.15) is 0 Å². The predicted octanol–water partition coefficient (Wildman–Crippen LogP) is 0.634. The molecule has 0 aliphatic heterocycles. The minimum Gasteiger partial charge on any atom is -0.506 e. The average Bonchev–Trinajstić information content (AvgIpc) is 2.20. The Morgan fingerprint density at radius 3 is 2.47 bits per heavy atom. The Morgan fingerprint density at radius 1 is 1.33 bits per heavy atom. The van der Waals surface area contributed by atoms with Gasteiger partial charge in [0, 0.05) is 5.56 Å². The summed E-state index contributed by atoms with van der Waals surface area (Å²) in [6, 6.07) is 4.37. The maximum absolute atomic E-state index is 10.4. The van der Waals surface area contributed by atoms with Crippen molar-refractivity contribution >= 4 is 21.9 Å². The van der Waals surface area contributed by atoms with Gasteiger partial charge in [-0.25, -0.2) is 4.79 Å². The lowest BCUT2D eigenvalue weighted by atomic mass is 10.0. The van der Waals surface area contributed by atoms with E-state index < -0.39 is 18.2 Å². The molecule has 0 fully saturated rings. The van der Waals surface area contributed by atoms with Crippen molar-refractivity contribution in [2.75, 3.05) is 0 Å². The summed E-state index contributed by atoms with van der Waals surface area (Å²) in [6.07, 6.45) is -3.63. The Bertz CT molecular complexity index is 379. The zero-order valence-corrected chi connectivity index (χ0v) is 9.05. The summed E-state index contributed by atoms with van der Waals surface area (Å²) in [5.41, 5.74) is -0.0423. The van der Waals surface area contributed by atoms with E-state index in [-0.39, 0.29) is 11.3 Å². The van der Waals surface area contributed by atoms with E-state index in [1.165, 1.54) is 18.2 Å². The third-order valence-electron chi connectivity index (χ3n) is 1.89. The summed E-state index contributed by atoms with van der Waals surface area (Å²) in [5, 5.41) is 36.5. The van der Waals surface area contributed by atoms with Crippen LogP contribution >= 0.6 is 15.9 Å². The lowest BCUT2D eigenvalue weighted by Gasteiger charge is -2.15. The van der Waals surface area contributed by atoms with E-state index in [0.717, 1.165) is 0 Å². The topological polar surface area (TPSA) is 98.0 Å². The third-order valence-corrected chi connectivity index (χ3v) is 2.53. The van der Waals surface area contributed by atoms with Crippen molar-refractivity contribution in [1.29, 1.82) is 0 Å². The van der Waals surface area contributed by atoms with E-state index in [1.807, 2.05) is 0 Å². The van der Waals surface area contributed by atoms with Gasteiger partial charge in [-0.05, 0) is 22.0 Å². The highest BCUT2D eigenvalue weighted by molar-refractivity contribution is 9.10. The summed E-state index contributed by atoms with van der Waals surface area (Å²) in [5.74, 6) is -1.84. The Balaban J connectivity index is 3.06. The number of phenolic OH excluding ortho intramolecular Hbond substituents is 1. The number of hydrogen-bond acceptors (Lipinski definition) is 4. The molecule has 5 nitrogen and oxygen atoms in total. The molecule has 0 aromatic heterocycles. The molecular weight excluding hydrogens is 268 g/mol. The van der Waals surface area contributed by atoms with Crippen LogP contribution in [0.2, 0.25) is 0 Å². The van der Waals surface area contributed by atoms with Crippen molar-refractivity contribution < 1.29 is 25.2 Å². The number of aromatic hydroxyl groups is 1. The average molecular weight is 277 g/mol. The molecule has 0 spiro atoms. The Labute approximate surface area is 93.7 Å². The Kier molecular flexibility index (Phi) is 3.67. The summed E-state index contributed by atoms with van der Waals surface area (Å²) < 4.78 is 0.316. The van der Waals surface area contributed by atoms with Crippen LogP contribution in [0.1, 0.15) is 11.7 Å². The van der Waals surface area contributed by atoms with Crippen LogP contribution in [0.25, 0.3) is 0 Å². The quantitative estimate of drug-likeness (QED) is 0.649. The second-order valence-electron chi connectivity index (χ2n) is 2.91. The third kappa shape index (κ3) is 2.47. The number of rotatable bonds is 3. The van der Waals surface area contributed by atoms with E-state index in [4.69, 9.17) is 10.2 Å². The van der Waals surface area contributed by atoms with Crippen molar-refractivity contribution in [3.8, 4) is 5.75 Å². The Hall–Kier alpha value is -1.11. The van der Waals surface area contributed by atoms with Crippen LogP contribution < -0.4 is 0 Å². The maximum atomic E-state index is 10.4. The highest BCUT2D eigenvalue weighted by Gasteiger charge is 2.27. The van der Waals surface area contributed by atoms with Crippen LogP contribution in [0.5, 0.6) is 5.75 Å². The summed E-state index contributed by atoms with van der Waals surface area (Å²) in [6.45, 7) is 0. The van der Waals surface area contributed by atoms with Crippen molar-refractivity contribution in [2.45, 2.75) is 12.2 Å². The molecule has 0 heterocycles. The number of benzene rings is 1. The number of para-hydroxylation sites is 1. The largest absolute Gasteiger partial charge is 0.506 e. The molecule has 0 saturated carbocycles. The van der Waals surface area contributed by atoms with Crippen LogP contribution in [-0.2, 0) is 4.79 Å². The van der Waals surface area contributed by atoms with Gasteiger partial charge in [0.15, 0.2) is 6.10 Å². The van der Waals surface area contributed by atoms with Crippen LogP contribution in [-0.4, -0.2) is 32.5 Å². The number of carboxylic acids is 1. The van der Waals surface area contributed by atoms with Crippen molar-refractivity contribution in [3.05, 3.63) is 28.2 Å². The standard InChI is InChI=1S/C9H9BrO5/c10-5-3-1-2-4(6(5)11)7(12)8(13)9(14)15/h1-3,7-8,11-13H,(H,14,15). The smallest absolute Gasteiger partial charge is 0.335 e. The number of aliphatic hydroxyl groups excluding tert-OH is 2. The molecule has 4 N–H and O–H groups in total. The molecule has 0 aliphatic rings. The second kappa shape index (κ2) is 4.61. The van der Waals surface area contributed by atoms with Crippen molar-refractivity contribution in [2.24, 2.45) is 0 Å². The van der Waals surface area contributed by atoms with E-state index in [2.05, 4.69) is 15.9 Å². The van der Waals surface area contributed by atoms with E-state index in [1.54, 1.807) is 0 Å². The molecule has 0 saturated heterocycles. The van der Waals surface area contributed by atoms with Gasteiger partial charge in [-0.15, -0.1) is 0 Å². The molecule has 2 atom stereocenters. The fourth-order valence-electron chi connectivity index (χ4n) is 1.08. The first-order chi connectivity index (χ1) is 6.95. The van der Waals surface area contributed by atoms with Gasteiger partial charge in [-0.1, -0.05) is 12.1 Å². The zero-order chi connectivity index (χ0) is 11.6. The predicted molar refractivity (Wildman–Crippen MR) is 54.4 cm³/mol. The van der Waals surface area contributed by atoms with Crippen molar-refractivity contribution in [3.63, 3.8) is 0 Å². The first kappa shape index (κ1) is 12.0. The van der Waals surface area contributed by atoms with Gasteiger partial charge in [-0.3, -0.25) is 0 Å². The van der Waals surface area contributed by atoms with E-state index in [0.29, 0.717) is 4.47 Å². The normalized spacial score (nSPS) is 14.6. The van der Waals surface area contributed by atoms with E-state index >= 15 is 0 Å². The minimum atomic E-state index is -1.97. The summed E-state index contributed by atoms with van der Waals surface area (Å²) in [4.78, 5) is 10.4. The molecule has 2 unspecified atom stereocenters. The molecule has 1 aromatic rings. The van der Waals surface area contributed by atoms with Gasteiger partial charge in [0.1, 0.15) is 11.9 Å². The Morgan fingerprint density at radius 2 is 1.93 bits per heavy atom. The van der Waals surface area contributed by atoms with Gasteiger partial charge < -0.3 is 20.4 Å². The van der Waals surface area contributed by atoms with E-state index in [9.17, 15) is 15.0 Å². The molecule has 1 aromatic carbocycles. The number of carbonyl (C=O) groups is 1. The fraction of sp³-hybridized carbons (Fsp3) is 0.222. The molecule has 82 valence electrons. The second-order valence-corrected chi connectivity index (χ2v) is 3.76. The van der Waals surface area contributed by atoms with Crippen molar-refractivity contribution in [1.82, 2.24) is 0 Å². The van der Waals surface area contributed by atoms with Gasteiger partial charge in [0.25, 0.3) is 0 Å². The summed E-state index contributed by atoms with van der Waals surface area (Å²) >= 11 is 3.01. The lowest BCUT2D eigenvalue weighted by molar-refractivity contribution is -0.153. The number of halogens is 1. The summed E-state index contributed by atoms with van der Waals surface area (Å²) in [7, 11) is 0.